The van der Waals surface area contributed by atoms with Crippen molar-refractivity contribution >= 4 is 29.6 Å². The third-order valence-corrected chi connectivity index (χ3v) is 4.40. The Hall–Kier alpha value is -0.645. The van der Waals surface area contributed by atoms with Gasteiger partial charge in [0.2, 0.25) is 0 Å². The molecule has 0 saturated carbocycles. The average molecular weight is 251 g/mol. The van der Waals surface area contributed by atoms with Crippen molar-refractivity contribution in [1.82, 2.24) is 4.98 Å². The highest BCUT2D eigenvalue weighted by atomic mass is 32.1. The molecule has 0 bridgehead atoms. The van der Waals surface area contributed by atoms with E-state index < -0.39 is 0 Å². The Morgan fingerprint density at radius 2 is 1.82 bits per heavy atom. The number of rotatable bonds is 2. The van der Waals surface area contributed by atoms with E-state index in [0.717, 1.165) is 16.2 Å². The molecule has 1 aromatic heterocycles. The number of allylic oxidation sites excluding steroid dienone is 1. The molecule has 0 N–H and O–H groups in total. The molecule has 2 heterocycles. The Morgan fingerprint density at radius 3 is 2.24 bits per heavy atom. The van der Waals surface area contributed by atoms with Gasteiger partial charge in [0, 0.05) is 5.38 Å². The minimum Gasteiger partial charge on any atom is -0.398 e. The lowest BCUT2D eigenvalue weighted by atomic mass is 9.86. The molecule has 1 aliphatic heterocycles. The molecule has 1 aliphatic rings. The van der Waals surface area contributed by atoms with Crippen LogP contribution in [0.4, 0.5) is 0 Å². The van der Waals surface area contributed by atoms with E-state index in [4.69, 9.17) is 9.31 Å². The lowest BCUT2D eigenvalue weighted by Crippen LogP contribution is -2.41. The summed E-state index contributed by atoms with van der Waals surface area (Å²) in [5.74, 6) is 0. The predicted octanol–water partition coefficient (Wildman–Crippen LogP) is 2.48. The molecule has 0 unspecified atom stereocenters. The van der Waals surface area contributed by atoms with Crippen LogP contribution in [0.1, 0.15) is 39.6 Å². The zero-order valence-electron chi connectivity index (χ0n) is 11.0. The van der Waals surface area contributed by atoms with Crippen molar-refractivity contribution in [1.29, 1.82) is 0 Å². The second-order valence-electron chi connectivity index (χ2n) is 5.45. The average Bonchev–Trinajstić information content (AvgIpc) is 2.70. The highest BCUT2D eigenvalue weighted by Gasteiger charge is 2.52. The highest BCUT2D eigenvalue weighted by molar-refractivity contribution is 7.11. The van der Waals surface area contributed by atoms with Gasteiger partial charge in [0.1, 0.15) is 5.01 Å². The number of hydrogen-bond acceptors (Lipinski definition) is 4. The van der Waals surface area contributed by atoms with Crippen molar-refractivity contribution in [3.05, 3.63) is 17.0 Å². The molecule has 5 heteroatoms. The molecule has 2 rings (SSSR count). The van der Waals surface area contributed by atoms with Gasteiger partial charge in [0.05, 0.1) is 16.8 Å². The van der Waals surface area contributed by atoms with Crippen LogP contribution in [0, 0.1) is 0 Å². The van der Waals surface area contributed by atoms with E-state index in [-0.39, 0.29) is 18.3 Å². The minimum atomic E-state index is -0.371. The first-order valence-corrected chi connectivity index (χ1v) is 6.58. The van der Waals surface area contributed by atoms with Crippen molar-refractivity contribution in [3.8, 4) is 0 Å². The summed E-state index contributed by atoms with van der Waals surface area (Å²) in [5, 5.41) is 2.92. The zero-order chi connectivity index (χ0) is 12.8. The summed E-state index contributed by atoms with van der Waals surface area (Å²) in [4.78, 5) is 4.49. The minimum absolute atomic E-state index is 0.315. The lowest BCUT2D eigenvalue weighted by molar-refractivity contribution is 0.00578. The van der Waals surface area contributed by atoms with Crippen LogP contribution >= 0.6 is 11.3 Å². The van der Waals surface area contributed by atoms with E-state index in [9.17, 15) is 0 Å². The second-order valence-corrected chi connectivity index (χ2v) is 6.30. The maximum Gasteiger partial charge on any atom is 0.515 e. The van der Waals surface area contributed by atoms with Gasteiger partial charge in [-0.25, -0.2) is 4.98 Å². The smallest absolute Gasteiger partial charge is 0.398 e. The predicted molar refractivity (Wildman–Crippen MR) is 72.5 cm³/mol. The van der Waals surface area contributed by atoms with E-state index in [2.05, 4.69) is 11.6 Å². The molecule has 17 heavy (non-hydrogen) atoms. The van der Waals surface area contributed by atoms with Crippen LogP contribution in [0.25, 0.3) is 5.57 Å². The molecule has 1 aromatic rings. The first-order valence-electron chi connectivity index (χ1n) is 5.70. The summed E-state index contributed by atoms with van der Waals surface area (Å²) >= 11 is 1.57. The Balaban J connectivity index is 2.23. The molecule has 0 aromatic carbocycles. The van der Waals surface area contributed by atoms with E-state index in [1.165, 1.54) is 0 Å². The van der Waals surface area contributed by atoms with Crippen LogP contribution < -0.4 is 5.59 Å². The number of aromatic nitrogens is 1. The van der Waals surface area contributed by atoms with Gasteiger partial charge in [-0.15, -0.1) is 11.3 Å². The standard InChI is InChI=1S/C12H18BNO2S/c1-8(2)10-14-9(7-17-10)13-15-11(3,4)12(5,6)16-13/h7H,1H2,2-6H3. The van der Waals surface area contributed by atoms with Gasteiger partial charge < -0.3 is 9.31 Å². The fourth-order valence-electron chi connectivity index (χ4n) is 1.55. The fraction of sp³-hybridized carbons (Fsp3) is 0.583. The maximum absolute atomic E-state index is 5.94. The third-order valence-electron chi connectivity index (χ3n) is 3.38. The summed E-state index contributed by atoms with van der Waals surface area (Å²) in [6.07, 6.45) is 0. The lowest BCUT2D eigenvalue weighted by Gasteiger charge is -2.32. The van der Waals surface area contributed by atoms with Crippen LogP contribution in [-0.4, -0.2) is 23.3 Å². The Labute approximate surface area is 107 Å². The van der Waals surface area contributed by atoms with Gasteiger partial charge in [-0.3, -0.25) is 0 Å². The summed E-state index contributed by atoms with van der Waals surface area (Å²) in [7, 11) is -0.371. The maximum atomic E-state index is 5.94. The molecule has 1 fully saturated rings. The van der Waals surface area contributed by atoms with Crippen molar-refractivity contribution < 1.29 is 9.31 Å². The molecule has 3 nitrogen and oxygen atoms in total. The zero-order valence-corrected chi connectivity index (χ0v) is 11.9. The first-order chi connectivity index (χ1) is 7.73. The van der Waals surface area contributed by atoms with Crippen molar-refractivity contribution in [3.63, 3.8) is 0 Å². The Bertz CT molecular complexity index is 437. The van der Waals surface area contributed by atoms with Gasteiger partial charge >= 0.3 is 7.12 Å². The van der Waals surface area contributed by atoms with Crippen molar-refractivity contribution in [2.24, 2.45) is 0 Å². The number of thiazole rings is 1. The molecule has 0 amide bonds. The van der Waals surface area contributed by atoms with Crippen LogP contribution in [0.3, 0.4) is 0 Å². The van der Waals surface area contributed by atoms with E-state index in [1.54, 1.807) is 11.3 Å². The van der Waals surface area contributed by atoms with Crippen molar-refractivity contribution in [2.75, 3.05) is 0 Å². The van der Waals surface area contributed by atoms with Gasteiger partial charge in [-0.05, 0) is 40.2 Å². The fourth-order valence-corrected chi connectivity index (χ4v) is 2.31. The van der Waals surface area contributed by atoms with Crippen molar-refractivity contribution in [2.45, 2.75) is 45.8 Å². The topological polar surface area (TPSA) is 31.4 Å². The van der Waals surface area contributed by atoms with Gasteiger partial charge in [0.25, 0.3) is 0 Å². The molecular formula is C12H18BNO2S. The third kappa shape index (κ3) is 2.19. The molecule has 92 valence electrons. The molecule has 0 radical (unpaired) electrons. The summed E-state index contributed by atoms with van der Waals surface area (Å²) < 4.78 is 11.9. The molecular weight excluding hydrogens is 233 g/mol. The van der Waals surface area contributed by atoms with Gasteiger partial charge in [-0.2, -0.15) is 0 Å². The van der Waals surface area contributed by atoms with Gasteiger partial charge in [0.15, 0.2) is 0 Å². The van der Waals surface area contributed by atoms with Crippen LogP contribution in [0.2, 0.25) is 0 Å². The molecule has 0 atom stereocenters. The second kappa shape index (κ2) is 3.94. The molecule has 0 aliphatic carbocycles. The quantitative estimate of drug-likeness (QED) is 0.756. The number of nitrogens with zero attached hydrogens (tertiary/aromatic N) is 1. The molecule has 1 saturated heterocycles. The van der Waals surface area contributed by atoms with Crippen LogP contribution in [0.5, 0.6) is 0 Å². The van der Waals surface area contributed by atoms with E-state index in [0.29, 0.717) is 0 Å². The summed E-state index contributed by atoms with van der Waals surface area (Å²) in [5.41, 5.74) is 1.18. The highest BCUT2D eigenvalue weighted by Crippen LogP contribution is 2.36. The first kappa shape index (κ1) is 12.8. The SMILES string of the molecule is C=C(C)c1nc(B2OC(C)(C)C(C)(C)O2)cs1. The van der Waals surface area contributed by atoms with Crippen LogP contribution in [-0.2, 0) is 9.31 Å². The molecule has 0 spiro atoms. The monoisotopic (exact) mass is 251 g/mol. The van der Waals surface area contributed by atoms with Crippen LogP contribution in [0.15, 0.2) is 12.0 Å². The number of hydrogen-bond donors (Lipinski definition) is 0. The Kier molecular flexibility index (Phi) is 2.96. The summed E-state index contributed by atoms with van der Waals surface area (Å²) in [6.45, 7) is 14.0. The Morgan fingerprint density at radius 1 is 1.29 bits per heavy atom. The largest absolute Gasteiger partial charge is 0.515 e. The van der Waals surface area contributed by atoms with E-state index >= 15 is 0 Å². The van der Waals surface area contributed by atoms with Gasteiger partial charge in [-0.1, -0.05) is 6.58 Å². The normalized spacial score (nSPS) is 21.8. The summed E-state index contributed by atoms with van der Waals surface area (Å²) in [6, 6.07) is 0. The van der Waals surface area contributed by atoms with E-state index in [1.807, 2.05) is 40.0 Å².